The topological polar surface area (TPSA) is 126 Å². The molecule has 1 heterocycles. The summed E-state index contributed by atoms with van der Waals surface area (Å²) >= 11 is 0. The Labute approximate surface area is 109 Å². The lowest BCUT2D eigenvalue weighted by molar-refractivity contribution is -0.117. The lowest BCUT2D eigenvalue weighted by atomic mass is 10.3. The van der Waals surface area contributed by atoms with Crippen LogP contribution in [0.5, 0.6) is 0 Å². The van der Waals surface area contributed by atoms with Crippen molar-refractivity contribution in [2.24, 2.45) is 0 Å². The molecule has 0 aliphatic rings. The molecule has 0 bridgehead atoms. The number of carbonyl (C=O) groups is 2. The average Bonchev–Trinajstić information content (AvgIpc) is 2.86. The smallest absolute Gasteiger partial charge is 0.292 e. The zero-order valence-corrected chi connectivity index (χ0v) is 10.4. The molecular formula is C10H13N7O2. The molecule has 9 heteroatoms. The van der Waals surface area contributed by atoms with E-state index in [0.29, 0.717) is 29.9 Å². The van der Waals surface area contributed by atoms with E-state index >= 15 is 0 Å². The van der Waals surface area contributed by atoms with Crippen molar-refractivity contribution in [2.45, 2.75) is 13.3 Å². The molecule has 1 aromatic rings. The summed E-state index contributed by atoms with van der Waals surface area (Å²) in [5, 5.41) is 23.9. The first-order valence-electron chi connectivity index (χ1n) is 5.46. The van der Waals surface area contributed by atoms with Crippen molar-refractivity contribution in [2.75, 3.05) is 13.1 Å². The molecular weight excluding hydrogens is 250 g/mol. The van der Waals surface area contributed by atoms with E-state index in [9.17, 15) is 9.59 Å². The van der Waals surface area contributed by atoms with Gasteiger partial charge in [0.25, 0.3) is 11.7 Å². The first kappa shape index (κ1) is 14.3. The SMILES string of the molecule is C=C(C)C(=O)NCCCNC(=O)c1nnn(C#N)n1. The molecule has 0 unspecified atom stereocenters. The quantitative estimate of drug-likeness (QED) is 0.491. The number of nitrogens with zero attached hydrogens (tertiary/aromatic N) is 5. The molecule has 0 aliphatic carbocycles. The molecule has 0 aliphatic heterocycles. The number of nitrogens with one attached hydrogen (secondary N) is 2. The van der Waals surface area contributed by atoms with Gasteiger partial charge in [-0.3, -0.25) is 9.59 Å². The van der Waals surface area contributed by atoms with E-state index in [4.69, 9.17) is 5.26 Å². The van der Waals surface area contributed by atoms with Gasteiger partial charge in [0, 0.05) is 18.7 Å². The van der Waals surface area contributed by atoms with E-state index in [2.05, 4.69) is 32.6 Å². The summed E-state index contributed by atoms with van der Waals surface area (Å²) in [6.07, 6.45) is 2.15. The minimum Gasteiger partial charge on any atom is -0.352 e. The number of rotatable bonds is 6. The van der Waals surface area contributed by atoms with Crippen molar-refractivity contribution in [3.05, 3.63) is 18.0 Å². The Kier molecular flexibility index (Phi) is 5.16. The van der Waals surface area contributed by atoms with Crippen molar-refractivity contribution < 1.29 is 9.59 Å². The van der Waals surface area contributed by atoms with Gasteiger partial charge in [0.15, 0.2) is 0 Å². The number of nitriles is 1. The van der Waals surface area contributed by atoms with Gasteiger partial charge in [-0.25, -0.2) is 0 Å². The molecule has 0 atom stereocenters. The highest BCUT2D eigenvalue weighted by atomic mass is 16.2. The predicted octanol–water partition coefficient (Wildman–Crippen LogP) is -1.19. The molecule has 0 saturated carbocycles. The van der Waals surface area contributed by atoms with Gasteiger partial charge < -0.3 is 10.6 Å². The lowest BCUT2D eigenvalue weighted by Gasteiger charge is -2.04. The number of amides is 2. The van der Waals surface area contributed by atoms with E-state index < -0.39 is 5.91 Å². The Morgan fingerprint density at radius 2 is 2.11 bits per heavy atom. The first-order chi connectivity index (χ1) is 9.04. The minimum atomic E-state index is -0.521. The van der Waals surface area contributed by atoms with E-state index in [1.165, 1.54) is 0 Å². The Bertz CT molecular complexity index is 528. The number of carbonyl (C=O) groups excluding carboxylic acids is 2. The number of tetrazole rings is 1. The van der Waals surface area contributed by atoms with Crippen LogP contribution in [0.2, 0.25) is 0 Å². The molecule has 100 valence electrons. The van der Waals surface area contributed by atoms with Crippen LogP contribution in [0.3, 0.4) is 0 Å². The summed E-state index contributed by atoms with van der Waals surface area (Å²) in [4.78, 5) is 23.3. The van der Waals surface area contributed by atoms with E-state index in [-0.39, 0.29) is 11.7 Å². The van der Waals surface area contributed by atoms with E-state index in [1.54, 1.807) is 13.1 Å². The second-order valence-corrected chi connectivity index (χ2v) is 3.65. The molecule has 19 heavy (non-hydrogen) atoms. The van der Waals surface area contributed by atoms with Crippen molar-refractivity contribution in [3.8, 4) is 6.19 Å². The van der Waals surface area contributed by atoms with Crippen molar-refractivity contribution in [1.82, 2.24) is 30.8 Å². The number of aromatic nitrogens is 4. The zero-order valence-electron chi connectivity index (χ0n) is 10.4. The maximum absolute atomic E-state index is 11.5. The van der Waals surface area contributed by atoms with Crippen molar-refractivity contribution in [3.63, 3.8) is 0 Å². The molecule has 0 saturated heterocycles. The van der Waals surface area contributed by atoms with Gasteiger partial charge in [-0.15, -0.1) is 10.2 Å². The summed E-state index contributed by atoms with van der Waals surface area (Å²) in [5.74, 6) is -0.912. The molecule has 2 amide bonds. The monoisotopic (exact) mass is 263 g/mol. The third-order valence-electron chi connectivity index (χ3n) is 2.02. The zero-order chi connectivity index (χ0) is 14.3. The maximum Gasteiger partial charge on any atom is 0.292 e. The van der Waals surface area contributed by atoms with Gasteiger partial charge >= 0.3 is 0 Å². The molecule has 1 aromatic heterocycles. The summed E-state index contributed by atoms with van der Waals surface area (Å²) in [5.41, 5.74) is 0.432. The van der Waals surface area contributed by atoms with Crippen LogP contribution in [0.25, 0.3) is 0 Å². The van der Waals surface area contributed by atoms with Gasteiger partial charge in [0.2, 0.25) is 12.1 Å². The predicted molar refractivity (Wildman–Crippen MR) is 63.6 cm³/mol. The van der Waals surface area contributed by atoms with Crippen LogP contribution in [0.15, 0.2) is 12.2 Å². The van der Waals surface area contributed by atoms with Crippen LogP contribution in [-0.4, -0.2) is 45.1 Å². The maximum atomic E-state index is 11.5. The number of hydrogen-bond acceptors (Lipinski definition) is 6. The van der Waals surface area contributed by atoms with Crippen LogP contribution in [-0.2, 0) is 4.79 Å². The molecule has 0 spiro atoms. The highest BCUT2D eigenvalue weighted by molar-refractivity contribution is 5.92. The fourth-order valence-corrected chi connectivity index (χ4v) is 1.07. The highest BCUT2D eigenvalue weighted by Gasteiger charge is 2.11. The normalized spacial score (nSPS) is 9.47. The van der Waals surface area contributed by atoms with Gasteiger partial charge in [0.05, 0.1) is 0 Å². The fraction of sp³-hybridized carbons (Fsp3) is 0.400. The summed E-state index contributed by atoms with van der Waals surface area (Å²) < 4.78 is 0. The molecule has 9 nitrogen and oxygen atoms in total. The highest BCUT2D eigenvalue weighted by Crippen LogP contribution is 1.87. The van der Waals surface area contributed by atoms with Gasteiger partial charge in [-0.05, 0) is 18.6 Å². The summed E-state index contributed by atoms with van der Waals surface area (Å²) in [7, 11) is 0. The Morgan fingerprint density at radius 1 is 1.42 bits per heavy atom. The van der Waals surface area contributed by atoms with Crippen molar-refractivity contribution >= 4 is 11.8 Å². The van der Waals surface area contributed by atoms with Crippen LogP contribution in [0, 0.1) is 11.5 Å². The van der Waals surface area contributed by atoms with Gasteiger partial charge in [-0.2, -0.15) is 5.26 Å². The van der Waals surface area contributed by atoms with Crippen LogP contribution in [0.1, 0.15) is 24.0 Å². The average molecular weight is 263 g/mol. The number of hydrogen-bond donors (Lipinski definition) is 2. The Hall–Kier alpha value is -2.76. The summed E-state index contributed by atoms with van der Waals surface area (Å²) in [6.45, 7) is 5.88. The second-order valence-electron chi connectivity index (χ2n) is 3.65. The fourth-order valence-electron chi connectivity index (χ4n) is 1.07. The third-order valence-corrected chi connectivity index (χ3v) is 2.02. The van der Waals surface area contributed by atoms with Gasteiger partial charge in [0.1, 0.15) is 0 Å². The van der Waals surface area contributed by atoms with Gasteiger partial charge in [-0.1, -0.05) is 11.4 Å². The van der Waals surface area contributed by atoms with Crippen LogP contribution < -0.4 is 10.6 Å². The van der Waals surface area contributed by atoms with Crippen molar-refractivity contribution in [1.29, 1.82) is 5.26 Å². The third kappa shape index (κ3) is 4.55. The largest absolute Gasteiger partial charge is 0.352 e. The molecule has 2 N–H and O–H groups in total. The Morgan fingerprint density at radius 3 is 2.68 bits per heavy atom. The lowest BCUT2D eigenvalue weighted by Crippen LogP contribution is -2.30. The second kappa shape index (κ2) is 6.85. The van der Waals surface area contributed by atoms with Crippen LogP contribution >= 0.6 is 0 Å². The molecule has 0 radical (unpaired) electrons. The van der Waals surface area contributed by atoms with E-state index in [0.717, 1.165) is 0 Å². The van der Waals surface area contributed by atoms with Crippen LogP contribution in [0.4, 0.5) is 0 Å². The molecule has 0 aromatic carbocycles. The van der Waals surface area contributed by atoms with E-state index in [1.807, 2.05) is 0 Å². The minimum absolute atomic E-state index is 0.174. The summed E-state index contributed by atoms with van der Waals surface area (Å²) in [6, 6.07) is 0. The molecule has 0 fully saturated rings. The standard InChI is InChI=1S/C10H13N7O2/c1-7(2)9(18)12-4-3-5-13-10(19)8-14-16-17(6-11)15-8/h1,3-5H2,2H3,(H,12,18)(H,13,19). The Balaban J connectivity index is 2.23. The first-order valence-corrected chi connectivity index (χ1v) is 5.46. The molecule has 1 rings (SSSR count).